The fraction of sp³-hybridized carbons (Fsp3) is 0.222. The number of unbranched alkanes of at least 4 members (excludes halogenated alkanes) is 1. The summed E-state index contributed by atoms with van der Waals surface area (Å²) in [5.74, 6) is -1.24. The minimum absolute atomic E-state index is 0.0364. The SMILES string of the molecule is CCCCP=O.COc1cccc(OC)c1C(=O)c1ccccc1C(=O)C(=O)c1ccccc1. The van der Waals surface area contributed by atoms with E-state index in [4.69, 9.17) is 9.47 Å². The summed E-state index contributed by atoms with van der Waals surface area (Å²) in [7, 11) is 3.19. The Morgan fingerprint density at radius 3 is 1.79 bits per heavy atom. The molecule has 0 bridgehead atoms. The van der Waals surface area contributed by atoms with Crippen LogP contribution in [0.2, 0.25) is 0 Å². The van der Waals surface area contributed by atoms with Gasteiger partial charge in [-0.25, -0.2) is 0 Å². The number of carbonyl (C=O) groups is 3. The number of Topliss-reactive ketones (excluding diaryl/α,β-unsaturated/α-hetero) is 2. The van der Waals surface area contributed by atoms with Crippen molar-refractivity contribution >= 4 is 25.8 Å². The lowest BCUT2D eigenvalue weighted by molar-refractivity contribution is 0.0815. The highest BCUT2D eigenvalue weighted by Crippen LogP contribution is 2.31. The average Bonchev–Trinajstić information content (AvgIpc) is 2.90. The van der Waals surface area contributed by atoms with Crippen LogP contribution in [0.1, 0.15) is 56.4 Å². The molecule has 0 saturated heterocycles. The second-order valence-corrected chi connectivity index (χ2v) is 7.85. The zero-order valence-corrected chi connectivity index (χ0v) is 20.3. The lowest BCUT2D eigenvalue weighted by atomic mass is 9.92. The first-order valence-corrected chi connectivity index (χ1v) is 11.8. The molecule has 0 radical (unpaired) electrons. The van der Waals surface area contributed by atoms with Crippen molar-refractivity contribution in [2.45, 2.75) is 19.8 Å². The molecule has 3 aromatic carbocycles. The third-order valence-corrected chi connectivity index (χ3v) is 5.42. The molecule has 0 fully saturated rings. The molecule has 0 spiro atoms. The lowest BCUT2D eigenvalue weighted by Gasteiger charge is -2.13. The van der Waals surface area contributed by atoms with E-state index in [9.17, 15) is 18.9 Å². The molecule has 0 aliphatic rings. The van der Waals surface area contributed by atoms with E-state index in [0.717, 1.165) is 19.0 Å². The molecule has 0 heterocycles. The van der Waals surface area contributed by atoms with Gasteiger partial charge in [-0.1, -0.05) is 74.0 Å². The van der Waals surface area contributed by atoms with Gasteiger partial charge in [0.05, 0.1) is 14.2 Å². The summed E-state index contributed by atoms with van der Waals surface area (Å²) in [6.45, 7) is 2.09. The number of carbonyl (C=O) groups excluding carboxylic acids is 3. The van der Waals surface area contributed by atoms with Gasteiger partial charge in [-0.3, -0.25) is 18.9 Å². The van der Waals surface area contributed by atoms with Crippen LogP contribution in [0.15, 0.2) is 72.8 Å². The normalized spacial score (nSPS) is 10.1. The van der Waals surface area contributed by atoms with Gasteiger partial charge in [0.1, 0.15) is 17.1 Å². The van der Waals surface area contributed by atoms with E-state index >= 15 is 0 Å². The highest BCUT2D eigenvalue weighted by molar-refractivity contribution is 7.23. The molecule has 0 amide bonds. The number of hydrogen-bond donors (Lipinski definition) is 0. The fourth-order valence-electron chi connectivity index (χ4n) is 3.15. The van der Waals surface area contributed by atoms with E-state index in [2.05, 4.69) is 6.92 Å². The number of benzene rings is 3. The van der Waals surface area contributed by atoms with Gasteiger partial charge in [0.15, 0.2) is 8.46 Å². The summed E-state index contributed by atoms with van der Waals surface area (Å²) >= 11 is 0. The zero-order valence-electron chi connectivity index (χ0n) is 19.4. The van der Waals surface area contributed by atoms with Crippen LogP contribution in [0.5, 0.6) is 11.5 Å². The molecule has 0 unspecified atom stereocenters. The molecule has 6 nitrogen and oxygen atoms in total. The largest absolute Gasteiger partial charge is 0.496 e. The molecular formula is C27H27O6P. The molecule has 3 aromatic rings. The summed E-state index contributed by atoms with van der Waals surface area (Å²) < 4.78 is 20.3. The fourth-order valence-corrected chi connectivity index (χ4v) is 3.60. The first-order chi connectivity index (χ1) is 16.5. The van der Waals surface area contributed by atoms with Crippen LogP contribution in [0, 0.1) is 0 Å². The molecule has 7 heteroatoms. The Morgan fingerprint density at radius 1 is 0.735 bits per heavy atom. The monoisotopic (exact) mass is 478 g/mol. The van der Waals surface area contributed by atoms with Crippen molar-refractivity contribution < 1.29 is 28.4 Å². The molecule has 0 aromatic heterocycles. The number of hydrogen-bond acceptors (Lipinski definition) is 6. The summed E-state index contributed by atoms with van der Waals surface area (Å²) in [6.07, 6.45) is 3.07. The highest BCUT2D eigenvalue weighted by Gasteiger charge is 2.27. The van der Waals surface area contributed by atoms with Crippen molar-refractivity contribution in [1.82, 2.24) is 0 Å². The Hall–Kier alpha value is -3.63. The molecule has 176 valence electrons. The van der Waals surface area contributed by atoms with Gasteiger partial charge in [0, 0.05) is 22.9 Å². The first-order valence-electron chi connectivity index (χ1n) is 10.8. The second-order valence-electron chi connectivity index (χ2n) is 7.14. The van der Waals surface area contributed by atoms with E-state index < -0.39 is 17.3 Å². The molecule has 0 aliphatic carbocycles. The number of methoxy groups -OCH3 is 2. The molecule has 0 atom stereocenters. The predicted octanol–water partition coefficient (Wildman–Crippen LogP) is 6.08. The lowest BCUT2D eigenvalue weighted by Crippen LogP contribution is -2.19. The van der Waals surface area contributed by atoms with Crippen molar-refractivity contribution in [2.24, 2.45) is 0 Å². The van der Waals surface area contributed by atoms with Crippen LogP contribution in [0.25, 0.3) is 0 Å². The van der Waals surface area contributed by atoms with Gasteiger partial charge in [-0.05, 0) is 18.6 Å². The van der Waals surface area contributed by atoms with E-state index in [0.29, 0.717) is 20.0 Å². The van der Waals surface area contributed by atoms with Gasteiger partial charge in [-0.15, -0.1) is 0 Å². The van der Waals surface area contributed by atoms with Crippen LogP contribution in [0.3, 0.4) is 0 Å². The van der Waals surface area contributed by atoms with Gasteiger partial charge in [-0.2, -0.15) is 0 Å². The third kappa shape index (κ3) is 6.69. The smallest absolute Gasteiger partial charge is 0.234 e. The maximum atomic E-state index is 13.3. The van der Waals surface area contributed by atoms with Gasteiger partial charge in [0.25, 0.3) is 0 Å². The van der Waals surface area contributed by atoms with Crippen LogP contribution in [-0.4, -0.2) is 37.7 Å². The minimum Gasteiger partial charge on any atom is -0.496 e. The van der Waals surface area contributed by atoms with E-state index in [1.54, 1.807) is 60.7 Å². The quantitative estimate of drug-likeness (QED) is 0.152. The molecular weight excluding hydrogens is 451 g/mol. The van der Waals surface area contributed by atoms with Crippen molar-refractivity contribution in [3.8, 4) is 11.5 Å². The van der Waals surface area contributed by atoms with Crippen LogP contribution < -0.4 is 9.47 Å². The number of rotatable bonds is 10. The summed E-state index contributed by atoms with van der Waals surface area (Å²) in [5, 5.41) is 0. The minimum atomic E-state index is -0.746. The third-order valence-electron chi connectivity index (χ3n) is 4.92. The van der Waals surface area contributed by atoms with Crippen molar-refractivity contribution in [1.29, 1.82) is 0 Å². The first kappa shape index (κ1) is 26.6. The Morgan fingerprint density at radius 2 is 1.29 bits per heavy atom. The van der Waals surface area contributed by atoms with E-state index in [-0.39, 0.29) is 22.3 Å². The Kier molecular flexibility index (Phi) is 10.8. The number of ketones is 3. The second kappa shape index (κ2) is 13.8. The topological polar surface area (TPSA) is 86.7 Å². The maximum Gasteiger partial charge on any atom is 0.234 e. The highest BCUT2D eigenvalue weighted by atomic mass is 31.1. The standard InChI is InChI=1S/C23H18O5.C4H9OP/c1-27-18-13-8-14-19(28-2)20(18)22(25)16-11-6-7-12-17(16)23(26)21(24)15-9-4-3-5-10-15;1-2-3-4-6-5/h3-14H,1-2H3;2-4H2,1H3. The zero-order chi connectivity index (χ0) is 24.9. The Balaban J connectivity index is 0.000000604. The molecule has 34 heavy (non-hydrogen) atoms. The molecule has 0 aliphatic heterocycles. The van der Waals surface area contributed by atoms with Crippen molar-refractivity contribution in [3.63, 3.8) is 0 Å². The van der Waals surface area contributed by atoms with E-state index in [1.165, 1.54) is 26.4 Å². The predicted molar refractivity (Wildman–Crippen MR) is 132 cm³/mol. The van der Waals surface area contributed by atoms with Crippen LogP contribution >= 0.6 is 8.46 Å². The maximum absolute atomic E-state index is 13.3. The van der Waals surface area contributed by atoms with Gasteiger partial charge < -0.3 is 9.47 Å². The van der Waals surface area contributed by atoms with Crippen LogP contribution in [-0.2, 0) is 4.57 Å². The number of ether oxygens (including phenoxy) is 2. The summed E-state index contributed by atoms with van der Waals surface area (Å²) in [4.78, 5) is 38.7. The Labute approximate surface area is 201 Å². The Bertz CT molecular complexity index is 1120. The summed E-state index contributed by atoms with van der Waals surface area (Å²) in [6, 6.07) is 19.4. The van der Waals surface area contributed by atoms with Gasteiger partial charge in [0.2, 0.25) is 17.3 Å². The average molecular weight is 478 g/mol. The molecule has 0 saturated carbocycles. The van der Waals surface area contributed by atoms with E-state index in [1.807, 2.05) is 0 Å². The molecule has 0 N–H and O–H groups in total. The van der Waals surface area contributed by atoms with Crippen LogP contribution in [0.4, 0.5) is 0 Å². The van der Waals surface area contributed by atoms with Crippen molar-refractivity contribution in [3.05, 3.63) is 95.1 Å². The molecule has 3 rings (SSSR count). The van der Waals surface area contributed by atoms with Crippen molar-refractivity contribution in [2.75, 3.05) is 20.4 Å². The summed E-state index contributed by atoms with van der Waals surface area (Å²) in [5.41, 5.74) is 0.610. The van der Waals surface area contributed by atoms with Gasteiger partial charge >= 0.3 is 0 Å².